The Morgan fingerprint density at radius 1 is 0.565 bits per heavy atom. The summed E-state index contributed by atoms with van der Waals surface area (Å²) < 4.78 is 0. The van der Waals surface area contributed by atoms with Gasteiger partial charge in [0.15, 0.2) is 0 Å². The molecule has 1 aliphatic rings. The van der Waals surface area contributed by atoms with Gasteiger partial charge in [-0.3, -0.25) is 9.98 Å². The van der Waals surface area contributed by atoms with Gasteiger partial charge in [0.25, 0.3) is 0 Å². The molecule has 1 aliphatic heterocycles. The molecule has 0 saturated heterocycles. The monoisotopic (exact) mass is 634 g/mol. The molecular formula is C42H38N2S2. The molecule has 228 valence electrons. The molecule has 1 heterocycles. The lowest BCUT2D eigenvalue weighted by Gasteiger charge is -2.24. The van der Waals surface area contributed by atoms with E-state index in [1.165, 1.54) is 60.8 Å². The Morgan fingerprint density at radius 3 is 1.43 bits per heavy atom. The fourth-order valence-corrected chi connectivity index (χ4v) is 7.65. The van der Waals surface area contributed by atoms with E-state index in [1.54, 1.807) is 11.8 Å². The van der Waals surface area contributed by atoms with Gasteiger partial charge < -0.3 is 0 Å². The van der Waals surface area contributed by atoms with E-state index >= 15 is 0 Å². The highest BCUT2D eigenvalue weighted by Gasteiger charge is 2.24. The predicted molar refractivity (Wildman–Crippen MR) is 207 cm³/mol. The first-order valence-electron chi connectivity index (χ1n) is 15.9. The summed E-state index contributed by atoms with van der Waals surface area (Å²) in [6.45, 7) is 4.90. The molecule has 0 bridgehead atoms. The van der Waals surface area contributed by atoms with Crippen molar-refractivity contribution < 1.29 is 0 Å². The lowest BCUT2D eigenvalue weighted by atomic mass is 9.79. The van der Waals surface area contributed by atoms with Crippen LogP contribution in [0.3, 0.4) is 0 Å². The van der Waals surface area contributed by atoms with Crippen molar-refractivity contribution in [3.63, 3.8) is 0 Å². The first-order valence-corrected chi connectivity index (χ1v) is 18.1. The fourth-order valence-electron chi connectivity index (χ4n) is 6.23. The normalized spacial score (nSPS) is 12.9. The van der Waals surface area contributed by atoms with E-state index in [2.05, 4.69) is 145 Å². The largest absolute Gasteiger partial charge is 0.281 e. The second-order valence-electron chi connectivity index (χ2n) is 10.7. The van der Waals surface area contributed by atoms with E-state index in [1.807, 2.05) is 32.7 Å². The molecule has 0 aliphatic carbocycles. The topological polar surface area (TPSA) is 24.7 Å². The van der Waals surface area contributed by atoms with Gasteiger partial charge in [-0.05, 0) is 61.5 Å². The summed E-state index contributed by atoms with van der Waals surface area (Å²) in [5.41, 5.74) is 12.1. The molecule has 0 saturated carbocycles. The van der Waals surface area contributed by atoms with E-state index in [9.17, 15) is 0 Å². The predicted octanol–water partition coefficient (Wildman–Crippen LogP) is 11.8. The number of rotatable bonds is 6. The molecule has 6 aromatic rings. The van der Waals surface area contributed by atoms with E-state index < -0.39 is 0 Å². The third kappa shape index (κ3) is 6.20. The third-order valence-corrected chi connectivity index (χ3v) is 9.99. The molecular weight excluding hydrogens is 597 g/mol. The van der Waals surface area contributed by atoms with Crippen molar-refractivity contribution in [3.8, 4) is 44.5 Å². The smallest absolute Gasteiger partial charge is 0.0977 e. The Balaban J connectivity index is 0.00000182. The molecule has 2 nitrogen and oxygen atoms in total. The van der Waals surface area contributed by atoms with Crippen LogP contribution in [0.15, 0.2) is 143 Å². The lowest BCUT2D eigenvalue weighted by molar-refractivity contribution is 1.17. The Hall–Kier alpha value is -4.38. The molecule has 7 rings (SSSR count). The minimum absolute atomic E-state index is 0.900. The molecule has 0 aromatic heterocycles. The fraction of sp³-hybridized carbons (Fsp3) is 0.143. The highest BCUT2D eigenvalue weighted by atomic mass is 32.2. The number of nitrogens with zero attached hydrogens (tertiary/aromatic N) is 2. The summed E-state index contributed by atoms with van der Waals surface area (Å²) >= 11 is 3.52. The second kappa shape index (κ2) is 14.8. The summed E-state index contributed by atoms with van der Waals surface area (Å²) in [7, 11) is 1.86. The van der Waals surface area contributed by atoms with E-state index in [-0.39, 0.29) is 0 Å². The quantitative estimate of drug-likeness (QED) is 0.134. The summed E-state index contributed by atoms with van der Waals surface area (Å²) in [5, 5.41) is 4.66. The molecule has 6 aromatic carbocycles. The van der Waals surface area contributed by atoms with Crippen LogP contribution in [0.1, 0.15) is 25.0 Å². The maximum absolute atomic E-state index is 4.72. The minimum Gasteiger partial charge on any atom is -0.281 e. The summed E-state index contributed by atoms with van der Waals surface area (Å²) in [4.78, 5) is 9.22. The van der Waals surface area contributed by atoms with Gasteiger partial charge in [-0.2, -0.15) is 0 Å². The number of thioether (sulfide) groups is 2. The molecule has 0 radical (unpaired) electrons. The van der Waals surface area contributed by atoms with Crippen LogP contribution in [-0.4, -0.2) is 35.7 Å². The van der Waals surface area contributed by atoms with Crippen LogP contribution in [0.25, 0.3) is 55.3 Å². The van der Waals surface area contributed by atoms with E-state index in [0.29, 0.717) is 0 Å². The average molecular weight is 635 g/mol. The molecule has 46 heavy (non-hydrogen) atoms. The zero-order valence-corrected chi connectivity index (χ0v) is 28.5. The first kappa shape index (κ1) is 31.6. The molecule has 0 N–H and O–H groups in total. The molecule has 0 spiro atoms. The van der Waals surface area contributed by atoms with Crippen molar-refractivity contribution in [2.75, 3.05) is 25.6 Å². The number of fused-ring (bicyclic) bond motifs is 1. The van der Waals surface area contributed by atoms with E-state index in [0.717, 1.165) is 27.9 Å². The molecule has 0 atom stereocenters. The Labute approximate surface area is 281 Å². The Bertz CT molecular complexity index is 1870. The second-order valence-corrected chi connectivity index (χ2v) is 12.6. The first-order chi connectivity index (χ1) is 22.8. The van der Waals surface area contributed by atoms with Crippen molar-refractivity contribution in [2.24, 2.45) is 9.98 Å². The van der Waals surface area contributed by atoms with Gasteiger partial charge in [-0.1, -0.05) is 147 Å². The number of hydrogen-bond acceptors (Lipinski definition) is 4. The third-order valence-electron chi connectivity index (χ3n) is 8.16. The van der Waals surface area contributed by atoms with Crippen molar-refractivity contribution >= 4 is 44.4 Å². The van der Waals surface area contributed by atoms with Crippen LogP contribution in [0.2, 0.25) is 0 Å². The summed E-state index contributed by atoms with van der Waals surface area (Å²) in [5.74, 6) is 1.06. The van der Waals surface area contributed by atoms with Crippen LogP contribution in [0.4, 0.5) is 0 Å². The Kier molecular flexibility index (Phi) is 10.2. The SMILES string of the molecule is CC.CN=C(SC)c1ccc(-c2c(-c3ccccc3)c(-c3ccccc3)c(-c3ccc(C4=NCCS4)cc3)c3ccccc23)cc1. The van der Waals surface area contributed by atoms with Gasteiger partial charge in [0.2, 0.25) is 0 Å². The molecule has 0 fully saturated rings. The van der Waals surface area contributed by atoms with Crippen molar-refractivity contribution in [2.45, 2.75) is 13.8 Å². The van der Waals surface area contributed by atoms with Crippen molar-refractivity contribution in [1.29, 1.82) is 0 Å². The summed E-state index contributed by atoms with van der Waals surface area (Å²) in [6, 6.07) is 48.6. The van der Waals surface area contributed by atoms with Gasteiger partial charge >= 0.3 is 0 Å². The highest BCUT2D eigenvalue weighted by Crippen LogP contribution is 2.50. The molecule has 0 amide bonds. The molecule has 4 heteroatoms. The van der Waals surface area contributed by atoms with Gasteiger partial charge in [-0.25, -0.2) is 0 Å². The van der Waals surface area contributed by atoms with Gasteiger partial charge in [0, 0.05) is 30.5 Å². The summed E-state index contributed by atoms with van der Waals surface area (Å²) in [6.07, 6.45) is 2.08. The van der Waals surface area contributed by atoms with Crippen molar-refractivity contribution in [3.05, 3.63) is 145 Å². The minimum atomic E-state index is 0.900. The zero-order chi connectivity index (χ0) is 31.9. The van der Waals surface area contributed by atoms with Crippen LogP contribution < -0.4 is 0 Å². The van der Waals surface area contributed by atoms with Crippen LogP contribution >= 0.6 is 23.5 Å². The number of aliphatic imine (C=N–C) groups is 2. The number of hydrogen-bond donors (Lipinski definition) is 0. The average Bonchev–Trinajstić information content (AvgIpc) is 3.69. The van der Waals surface area contributed by atoms with Gasteiger partial charge in [0.1, 0.15) is 0 Å². The number of benzene rings is 6. The van der Waals surface area contributed by atoms with Crippen molar-refractivity contribution in [1.82, 2.24) is 0 Å². The maximum atomic E-state index is 4.72. The Morgan fingerprint density at radius 2 is 1.00 bits per heavy atom. The van der Waals surface area contributed by atoms with E-state index in [4.69, 9.17) is 4.99 Å². The van der Waals surface area contributed by atoms with Gasteiger partial charge in [-0.15, -0.1) is 23.5 Å². The van der Waals surface area contributed by atoms with Gasteiger partial charge in [0.05, 0.1) is 10.1 Å². The lowest BCUT2D eigenvalue weighted by Crippen LogP contribution is -1.99. The zero-order valence-electron chi connectivity index (χ0n) is 26.8. The highest BCUT2D eigenvalue weighted by molar-refractivity contribution is 8.14. The molecule has 0 unspecified atom stereocenters. The van der Waals surface area contributed by atoms with Crippen LogP contribution in [0.5, 0.6) is 0 Å². The van der Waals surface area contributed by atoms with Crippen LogP contribution in [0, 0.1) is 0 Å². The maximum Gasteiger partial charge on any atom is 0.0977 e. The standard InChI is InChI=1S/C40H32N2S2.C2H6/c1-41-39(43-2)31-21-17-29(18-22-31)35-33-15-9-10-16-34(33)36(30-19-23-32(24-20-30)40-42-25-26-44-40)38(28-13-7-4-8-14-28)37(35)27-11-5-3-6-12-27;1-2/h3-24H,25-26H2,1-2H3;1-2H3. The van der Waals surface area contributed by atoms with Crippen LogP contribution in [-0.2, 0) is 0 Å².